The molecular formula is C20H25BrF3N5. The lowest BCUT2D eigenvalue weighted by Gasteiger charge is -2.30. The summed E-state index contributed by atoms with van der Waals surface area (Å²) >= 11 is 3.62. The Morgan fingerprint density at radius 2 is 1.93 bits per heavy atom. The van der Waals surface area contributed by atoms with E-state index in [2.05, 4.69) is 45.9 Å². The summed E-state index contributed by atoms with van der Waals surface area (Å²) < 4.78 is 44.9. The molecule has 0 spiro atoms. The van der Waals surface area contributed by atoms with Gasteiger partial charge in [-0.1, -0.05) is 20.4 Å². The molecule has 0 bridgehead atoms. The zero-order valence-electron chi connectivity index (χ0n) is 17.2. The number of imidazole rings is 2. The van der Waals surface area contributed by atoms with Crippen LogP contribution in [0.25, 0.3) is 23.7 Å². The largest absolute Gasteiger partial charge is 0.431 e. The van der Waals surface area contributed by atoms with Gasteiger partial charge in [0, 0.05) is 34.1 Å². The van der Waals surface area contributed by atoms with Gasteiger partial charge in [-0.05, 0) is 39.9 Å². The molecule has 158 valence electrons. The van der Waals surface area contributed by atoms with Crippen LogP contribution in [0.2, 0.25) is 0 Å². The van der Waals surface area contributed by atoms with Crippen LogP contribution >= 0.6 is 15.9 Å². The van der Waals surface area contributed by atoms with Crippen molar-refractivity contribution < 1.29 is 13.2 Å². The monoisotopic (exact) mass is 471 g/mol. The Balaban J connectivity index is 2.15. The molecule has 0 saturated carbocycles. The van der Waals surface area contributed by atoms with Crippen molar-refractivity contribution in [2.45, 2.75) is 39.4 Å². The molecule has 3 heterocycles. The Morgan fingerprint density at radius 3 is 2.48 bits per heavy atom. The predicted molar refractivity (Wildman–Crippen MR) is 112 cm³/mol. The van der Waals surface area contributed by atoms with Crippen LogP contribution in [0.1, 0.15) is 37.5 Å². The minimum absolute atomic E-state index is 0.160. The zero-order chi connectivity index (χ0) is 21.7. The SMILES string of the molecule is C=Cc1c(/C=C(\N(C)C)C(F)(F)F)nc(-c2nc3n(c2Br)CCC(C)(C)C3)n1C. The van der Waals surface area contributed by atoms with E-state index < -0.39 is 11.9 Å². The molecule has 0 fully saturated rings. The molecule has 0 saturated heterocycles. The predicted octanol–water partition coefficient (Wildman–Crippen LogP) is 5.13. The number of rotatable bonds is 4. The Morgan fingerprint density at radius 1 is 1.28 bits per heavy atom. The van der Waals surface area contributed by atoms with Gasteiger partial charge in [-0.2, -0.15) is 13.2 Å². The Bertz CT molecular complexity index is 979. The van der Waals surface area contributed by atoms with E-state index in [0.717, 1.165) is 40.8 Å². The molecule has 9 heteroatoms. The third-order valence-electron chi connectivity index (χ3n) is 5.25. The first-order valence-corrected chi connectivity index (χ1v) is 10.1. The number of nitrogens with zero attached hydrogens (tertiary/aromatic N) is 5. The molecular weight excluding hydrogens is 447 g/mol. The van der Waals surface area contributed by atoms with Crippen molar-refractivity contribution in [3.05, 3.63) is 34.1 Å². The molecule has 2 aromatic heterocycles. The number of allylic oxidation sites excluding steroid dienone is 1. The van der Waals surface area contributed by atoms with Gasteiger partial charge in [-0.25, -0.2) is 9.97 Å². The third kappa shape index (κ3) is 4.01. The molecule has 1 aliphatic heterocycles. The summed E-state index contributed by atoms with van der Waals surface area (Å²) in [6.45, 7) is 9.00. The smallest absolute Gasteiger partial charge is 0.374 e. The summed E-state index contributed by atoms with van der Waals surface area (Å²) in [4.78, 5) is 10.3. The summed E-state index contributed by atoms with van der Waals surface area (Å²) in [7, 11) is 4.48. The first-order valence-electron chi connectivity index (χ1n) is 9.26. The van der Waals surface area contributed by atoms with Gasteiger partial charge in [0.15, 0.2) is 5.82 Å². The molecule has 0 amide bonds. The average molecular weight is 472 g/mol. The highest BCUT2D eigenvalue weighted by Gasteiger charge is 2.36. The second-order valence-electron chi connectivity index (χ2n) is 8.30. The molecule has 0 atom stereocenters. The Hall–Kier alpha value is -2.03. The van der Waals surface area contributed by atoms with Crippen molar-refractivity contribution in [3.8, 4) is 11.5 Å². The van der Waals surface area contributed by atoms with Gasteiger partial charge in [0.05, 0.1) is 11.4 Å². The van der Waals surface area contributed by atoms with E-state index in [1.807, 2.05) is 0 Å². The van der Waals surface area contributed by atoms with E-state index in [9.17, 15) is 13.2 Å². The average Bonchev–Trinajstić information content (AvgIpc) is 3.06. The van der Waals surface area contributed by atoms with E-state index in [1.165, 1.54) is 20.2 Å². The lowest BCUT2D eigenvalue weighted by molar-refractivity contribution is -0.106. The maximum atomic E-state index is 13.4. The normalized spacial score (nSPS) is 16.7. The van der Waals surface area contributed by atoms with Gasteiger partial charge in [0.2, 0.25) is 0 Å². The van der Waals surface area contributed by atoms with Gasteiger partial charge < -0.3 is 14.0 Å². The first-order chi connectivity index (χ1) is 13.4. The van der Waals surface area contributed by atoms with Crippen LogP contribution in [0.4, 0.5) is 13.2 Å². The van der Waals surface area contributed by atoms with Gasteiger partial charge in [-0.3, -0.25) is 0 Å². The Labute approximate surface area is 177 Å². The fourth-order valence-corrected chi connectivity index (χ4v) is 4.25. The summed E-state index contributed by atoms with van der Waals surface area (Å²) in [6, 6.07) is 0. The number of hydrogen-bond donors (Lipinski definition) is 0. The van der Waals surface area contributed by atoms with Crippen molar-refractivity contribution in [3.63, 3.8) is 0 Å². The van der Waals surface area contributed by atoms with E-state index in [1.54, 1.807) is 11.6 Å². The summed E-state index contributed by atoms with van der Waals surface area (Å²) in [5, 5.41) is 0. The number of alkyl halides is 3. The van der Waals surface area contributed by atoms with Crippen molar-refractivity contribution in [2.75, 3.05) is 14.1 Å². The van der Waals surface area contributed by atoms with Gasteiger partial charge in [-0.15, -0.1) is 0 Å². The number of aromatic nitrogens is 4. The van der Waals surface area contributed by atoms with Crippen molar-refractivity contribution >= 4 is 28.1 Å². The van der Waals surface area contributed by atoms with Crippen molar-refractivity contribution in [1.29, 1.82) is 0 Å². The second kappa shape index (κ2) is 7.34. The summed E-state index contributed by atoms with van der Waals surface area (Å²) in [6.07, 6.45) is -0.0691. The van der Waals surface area contributed by atoms with E-state index >= 15 is 0 Å². The molecule has 0 aromatic carbocycles. The molecule has 5 nitrogen and oxygen atoms in total. The highest BCUT2D eigenvalue weighted by atomic mass is 79.9. The fraction of sp³-hybridized carbons (Fsp3) is 0.500. The van der Waals surface area contributed by atoms with Crippen LogP contribution in [0, 0.1) is 5.41 Å². The standard InChI is InChI=1S/C20H25BrF3N5/c1-7-13-12(10-14(27(4)5)20(22,23)24)25-18(28(13)6)16-17(21)29-9-8-19(2,3)11-15(29)26-16/h7,10H,1,8-9,11H2,2-6H3/b14-10-. The summed E-state index contributed by atoms with van der Waals surface area (Å²) in [5.74, 6) is 1.45. The third-order valence-corrected chi connectivity index (χ3v) is 6.06. The van der Waals surface area contributed by atoms with E-state index in [-0.39, 0.29) is 11.1 Å². The molecule has 3 rings (SSSR count). The molecule has 0 unspecified atom stereocenters. The minimum atomic E-state index is -4.49. The fourth-order valence-electron chi connectivity index (χ4n) is 3.60. The maximum absolute atomic E-state index is 13.4. The molecule has 0 N–H and O–H groups in total. The van der Waals surface area contributed by atoms with E-state index in [0.29, 0.717) is 17.2 Å². The number of halogens is 4. The summed E-state index contributed by atoms with van der Waals surface area (Å²) in [5.41, 5.74) is 0.711. The van der Waals surface area contributed by atoms with Crippen LogP contribution < -0.4 is 0 Å². The van der Waals surface area contributed by atoms with E-state index in [4.69, 9.17) is 4.98 Å². The van der Waals surface area contributed by atoms with Crippen molar-refractivity contribution in [2.24, 2.45) is 12.5 Å². The van der Waals surface area contributed by atoms with Crippen LogP contribution in [-0.4, -0.2) is 44.3 Å². The van der Waals surface area contributed by atoms with Crippen LogP contribution in [0.3, 0.4) is 0 Å². The van der Waals surface area contributed by atoms with Gasteiger partial charge >= 0.3 is 6.18 Å². The lowest BCUT2D eigenvalue weighted by atomic mass is 9.83. The number of hydrogen-bond acceptors (Lipinski definition) is 3. The molecule has 2 aromatic rings. The molecule has 0 aliphatic carbocycles. The first kappa shape index (κ1) is 21.7. The van der Waals surface area contributed by atoms with Gasteiger partial charge in [0.1, 0.15) is 21.8 Å². The lowest BCUT2D eigenvalue weighted by Crippen LogP contribution is -2.26. The minimum Gasteiger partial charge on any atom is -0.374 e. The molecule has 1 aliphatic rings. The van der Waals surface area contributed by atoms with Crippen molar-refractivity contribution in [1.82, 2.24) is 24.0 Å². The van der Waals surface area contributed by atoms with Crippen LogP contribution in [0.5, 0.6) is 0 Å². The quantitative estimate of drug-likeness (QED) is 0.620. The second-order valence-corrected chi connectivity index (χ2v) is 9.05. The van der Waals surface area contributed by atoms with Gasteiger partial charge in [0.25, 0.3) is 0 Å². The Kier molecular flexibility index (Phi) is 5.49. The maximum Gasteiger partial charge on any atom is 0.431 e. The molecule has 0 radical (unpaired) electrons. The number of fused-ring (bicyclic) bond motifs is 1. The highest BCUT2D eigenvalue weighted by Crippen LogP contribution is 2.38. The zero-order valence-corrected chi connectivity index (χ0v) is 18.8. The van der Waals surface area contributed by atoms with Crippen LogP contribution in [0.15, 0.2) is 16.9 Å². The molecule has 29 heavy (non-hydrogen) atoms. The topological polar surface area (TPSA) is 38.9 Å². The van der Waals surface area contributed by atoms with Crippen LogP contribution in [-0.2, 0) is 20.0 Å². The highest BCUT2D eigenvalue weighted by molar-refractivity contribution is 9.10.